The fourth-order valence-corrected chi connectivity index (χ4v) is 4.00. The number of amides is 3. The summed E-state index contributed by atoms with van der Waals surface area (Å²) in [6.07, 6.45) is 1.29. The molecule has 7 nitrogen and oxygen atoms in total. The highest BCUT2D eigenvalue weighted by molar-refractivity contribution is 6.31. The highest BCUT2D eigenvalue weighted by atomic mass is 35.5. The van der Waals surface area contributed by atoms with Crippen LogP contribution >= 0.6 is 11.6 Å². The second-order valence-corrected chi connectivity index (χ2v) is 7.55. The van der Waals surface area contributed by atoms with Crippen molar-refractivity contribution in [2.45, 2.75) is 25.0 Å². The summed E-state index contributed by atoms with van der Waals surface area (Å²) in [7, 11) is 1.72. The molecule has 2 fully saturated rings. The predicted molar refractivity (Wildman–Crippen MR) is 98.2 cm³/mol. The summed E-state index contributed by atoms with van der Waals surface area (Å²) in [6, 6.07) is 7.47. The highest BCUT2D eigenvalue weighted by Crippen LogP contribution is 2.31. The van der Waals surface area contributed by atoms with Gasteiger partial charge in [-0.05, 0) is 37.1 Å². The third kappa shape index (κ3) is 3.19. The minimum absolute atomic E-state index is 0.147. The SMILES string of the molecule is CN1C[C@@]2(CCCN(C(=O)NCc3cc4cc(Cl)ccc4[nH]3)C2)OC1=O. The van der Waals surface area contributed by atoms with Gasteiger partial charge in [0.15, 0.2) is 0 Å². The third-order valence-corrected chi connectivity index (χ3v) is 5.27. The molecule has 1 aromatic heterocycles. The maximum absolute atomic E-state index is 12.6. The number of aromatic amines is 1. The molecule has 2 N–H and O–H groups in total. The summed E-state index contributed by atoms with van der Waals surface area (Å²) in [5.41, 5.74) is 1.32. The number of carbonyl (C=O) groups is 2. The molecule has 0 bridgehead atoms. The van der Waals surface area contributed by atoms with E-state index in [0.717, 1.165) is 29.4 Å². The molecule has 1 atom stereocenters. The molecular weight excluding hydrogens is 356 g/mol. The van der Waals surface area contributed by atoms with Crippen LogP contribution in [0, 0.1) is 0 Å². The minimum atomic E-state index is -0.570. The van der Waals surface area contributed by atoms with E-state index in [1.807, 2.05) is 24.3 Å². The smallest absolute Gasteiger partial charge is 0.410 e. The molecule has 3 heterocycles. The molecule has 0 saturated carbocycles. The number of nitrogens with one attached hydrogen (secondary N) is 2. The first kappa shape index (κ1) is 17.0. The molecule has 26 heavy (non-hydrogen) atoms. The van der Waals surface area contributed by atoms with E-state index in [2.05, 4.69) is 10.3 Å². The number of urea groups is 1. The van der Waals surface area contributed by atoms with Gasteiger partial charge in [-0.3, -0.25) is 0 Å². The Morgan fingerprint density at radius 2 is 2.23 bits per heavy atom. The van der Waals surface area contributed by atoms with Gasteiger partial charge in [0.1, 0.15) is 5.60 Å². The molecule has 2 aromatic rings. The van der Waals surface area contributed by atoms with E-state index in [4.69, 9.17) is 16.3 Å². The van der Waals surface area contributed by atoms with Crippen molar-refractivity contribution in [1.82, 2.24) is 20.1 Å². The maximum atomic E-state index is 12.6. The Morgan fingerprint density at radius 1 is 1.38 bits per heavy atom. The second-order valence-electron chi connectivity index (χ2n) is 7.12. The first-order valence-electron chi connectivity index (χ1n) is 8.68. The molecule has 0 unspecified atom stereocenters. The molecule has 2 aliphatic heterocycles. The number of likely N-dealkylation sites (N-methyl/N-ethyl adjacent to an activating group) is 1. The molecule has 4 rings (SSSR count). The summed E-state index contributed by atoms with van der Waals surface area (Å²) in [4.78, 5) is 30.9. The molecule has 3 amide bonds. The number of rotatable bonds is 2. The van der Waals surface area contributed by atoms with E-state index in [0.29, 0.717) is 31.2 Å². The topological polar surface area (TPSA) is 77.7 Å². The summed E-state index contributed by atoms with van der Waals surface area (Å²) >= 11 is 6.01. The number of halogens is 1. The normalized spacial score (nSPS) is 22.9. The number of H-pyrrole nitrogens is 1. The Balaban J connectivity index is 1.39. The number of ether oxygens (including phenoxy) is 1. The van der Waals surface area contributed by atoms with Gasteiger partial charge in [0.2, 0.25) is 0 Å². The Morgan fingerprint density at radius 3 is 3.00 bits per heavy atom. The van der Waals surface area contributed by atoms with Gasteiger partial charge in [-0.2, -0.15) is 0 Å². The number of benzene rings is 1. The van der Waals surface area contributed by atoms with Crippen LogP contribution in [0.15, 0.2) is 24.3 Å². The maximum Gasteiger partial charge on any atom is 0.410 e. The van der Waals surface area contributed by atoms with Crippen molar-refractivity contribution in [2.24, 2.45) is 0 Å². The Kier molecular flexibility index (Phi) is 4.19. The van der Waals surface area contributed by atoms with Crippen molar-refractivity contribution in [1.29, 1.82) is 0 Å². The van der Waals surface area contributed by atoms with Crippen molar-refractivity contribution in [2.75, 3.05) is 26.7 Å². The van der Waals surface area contributed by atoms with Crippen LogP contribution in [-0.2, 0) is 11.3 Å². The number of hydrogen-bond donors (Lipinski definition) is 2. The van der Waals surface area contributed by atoms with E-state index in [-0.39, 0.29) is 12.1 Å². The lowest BCUT2D eigenvalue weighted by atomic mass is 9.93. The number of likely N-dealkylation sites (tertiary alicyclic amines) is 1. The predicted octanol–water partition coefficient (Wildman–Crippen LogP) is 2.95. The molecule has 2 saturated heterocycles. The lowest BCUT2D eigenvalue weighted by molar-refractivity contribution is 0.00317. The molecule has 0 radical (unpaired) electrons. The molecular formula is C18H21ClN4O3. The van der Waals surface area contributed by atoms with Crippen LogP contribution in [0.5, 0.6) is 0 Å². The molecule has 0 aliphatic carbocycles. The number of fused-ring (bicyclic) bond motifs is 1. The standard InChI is InChI=1S/C18H21ClN4O3/c1-22-10-18(26-17(22)25)5-2-6-23(11-18)16(24)20-9-14-8-12-7-13(19)3-4-15(12)21-14/h3-4,7-8,21H,2,5-6,9-11H2,1H3,(H,20,24)/t18-/m1/s1. The zero-order valence-electron chi connectivity index (χ0n) is 14.5. The lowest BCUT2D eigenvalue weighted by Crippen LogP contribution is -2.54. The van der Waals surface area contributed by atoms with E-state index >= 15 is 0 Å². The van der Waals surface area contributed by atoms with Crippen molar-refractivity contribution in [3.8, 4) is 0 Å². The van der Waals surface area contributed by atoms with Gasteiger partial charge in [0.25, 0.3) is 0 Å². The first-order valence-corrected chi connectivity index (χ1v) is 9.06. The van der Waals surface area contributed by atoms with Crippen molar-refractivity contribution in [3.05, 3.63) is 35.0 Å². The summed E-state index contributed by atoms with van der Waals surface area (Å²) < 4.78 is 5.54. The van der Waals surface area contributed by atoms with Crippen molar-refractivity contribution in [3.63, 3.8) is 0 Å². The van der Waals surface area contributed by atoms with Crippen LogP contribution in [0.2, 0.25) is 5.02 Å². The van der Waals surface area contributed by atoms with Gasteiger partial charge in [-0.25, -0.2) is 9.59 Å². The number of aromatic nitrogens is 1. The van der Waals surface area contributed by atoms with Gasteiger partial charge in [0, 0.05) is 35.2 Å². The summed E-state index contributed by atoms with van der Waals surface area (Å²) in [5.74, 6) is 0. The van der Waals surface area contributed by atoms with Gasteiger partial charge >= 0.3 is 12.1 Å². The van der Waals surface area contributed by atoms with Crippen LogP contribution in [0.3, 0.4) is 0 Å². The minimum Gasteiger partial charge on any atom is -0.439 e. The number of carbonyl (C=O) groups excluding carboxylic acids is 2. The first-order chi connectivity index (χ1) is 12.4. The Hall–Kier alpha value is -2.41. The van der Waals surface area contributed by atoms with Gasteiger partial charge < -0.3 is 24.8 Å². The zero-order valence-corrected chi connectivity index (χ0v) is 15.3. The van der Waals surface area contributed by atoms with Crippen molar-refractivity contribution < 1.29 is 14.3 Å². The van der Waals surface area contributed by atoms with E-state index in [1.54, 1.807) is 16.8 Å². The zero-order chi connectivity index (χ0) is 18.3. The quantitative estimate of drug-likeness (QED) is 0.845. The Labute approximate surface area is 156 Å². The van der Waals surface area contributed by atoms with Crippen LogP contribution in [0.4, 0.5) is 9.59 Å². The second kappa shape index (κ2) is 6.39. The summed E-state index contributed by atoms with van der Waals surface area (Å²) in [6.45, 7) is 2.01. The Bertz CT molecular complexity index is 867. The van der Waals surface area contributed by atoms with Crippen LogP contribution in [0.25, 0.3) is 10.9 Å². The van der Waals surface area contributed by atoms with Crippen LogP contribution in [-0.4, -0.2) is 59.2 Å². The monoisotopic (exact) mass is 376 g/mol. The average Bonchev–Trinajstić information content (AvgIpc) is 3.12. The number of hydrogen-bond acceptors (Lipinski definition) is 3. The third-order valence-electron chi connectivity index (χ3n) is 5.04. The molecule has 1 spiro atoms. The molecule has 1 aromatic carbocycles. The average molecular weight is 377 g/mol. The number of piperidine rings is 1. The summed E-state index contributed by atoms with van der Waals surface area (Å²) in [5, 5.41) is 4.64. The van der Waals surface area contributed by atoms with Gasteiger partial charge in [-0.1, -0.05) is 11.6 Å². The van der Waals surface area contributed by atoms with Gasteiger partial charge in [-0.15, -0.1) is 0 Å². The van der Waals surface area contributed by atoms with Crippen LogP contribution in [0.1, 0.15) is 18.5 Å². The number of nitrogens with zero attached hydrogens (tertiary/aromatic N) is 2. The van der Waals surface area contributed by atoms with Gasteiger partial charge in [0.05, 0.1) is 19.6 Å². The largest absolute Gasteiger partial charge is 0.439 e. The molecule has 138 valence electrons. The van der Waals surface area contributed by atoms with E-state index in [9.17, 15) is 9.59 Å². The van der Waals surface area contributed by atoms with E-state index in [1.165, 1.54) is 0 Å². The molecule has 2 aliphatic rings. The van der Waals surface area contributed by atoms with Crippen molar-refractivity contribution >= 4 is 34.6 Å². The highest BCUT2D eigenvalue weighted by Gasteiger charge is 2.47. The van der Waals surface area contributed by atoms with Crippen LogP contribution < -0.4 is 5.32 Å². The fourth-order valence-electron chi connectivity index (χ4n) is 3.82. The van der Waals surface area contributed by atoms with E-state index < -0.39 is 5.60 Å². The molecule has 8 heteroatoms. The fraction of sp³-hybridized carbons (Fsp3) is 0.444. The lowest BCUT2D eigenvalue weighted by Gasteiger charge is -2.38.